The fraction of sp³-hybridized carbons (Fsp3) is 0.143. The smallest absolute Gasteiger partial charge is 0.0642 e. The normalized spacial score (nSPS) is 14.6. The fourth-order valence-electron chi connectivity index (χ4n) is 4.79. The fourth-order valence-corrected chi connectivity index (χ4v) is 4.79. The van der Waals surface area contributed by atoms with E-state index in [-0.39, 0.29) is 0 Å². The second-order valence-electron chi connectivity index (χ2n) is 8.00. The lowest BCUT2D eigenvalue weighted by molar-refractivity contribution is 0.122. The topological polar surface area (TPSA) is 12.5 Å². The number of hydrogen-bond acceptors (Lipinski definition) is 2. The summed E-state index contributed by atoms with van der Waals surface area (Å²) in [4.78, 5) is 2.40. The molecule has 1 saturated heterocycles. The first-order valence-corrected chi connectivity index (χ1v) is 10.6. The molecule has 6 rings (SSSR count). The number of rotatable bonds is 2. The molecule has 0 spiro atoms. The molecular formula is C28H23NO. The van der Waals surface area contributed by atoms with Gasteiger partial charge in [-0.25, -0.2) is 0 Å². The molecular weight excluding hydrogens is 366 g/mol. The largest absolute Gasteiger partial charge is 0.378 e. The zero-order valence-corrected chi connectivity index (χ0v) is 16.8. The van der Waals surface area contributed by atoms with E-state index in [0.717, 1.165) is 26.3 Å². The highest BCUT2D eigenvalue weighted by Crippen LogP contribution is 2.39. The second-order valence-corrected chi connectivity index (χ2v) is 8.00. The van der Waals surface area contributed by atoms with Crippen molar-refractivity contribution in [2.45, 2.75) is 0 Å². The number of hydrogen-bond donors (Lipinski definition) is 0. The van der Waals surface area contributed by atoms with E-state index >= 15 is 0 Å². The molecule has 5 aromatic rings. The van der Waals surface area contributed by atoms with Gasteiger partial charge in [-0.15, -0.1) is 0 Å². The van der Waals surface area contributed by atoms with Crippen LogP contribution in [0.15, 0.2) is 91.0 Å². The minimum Gasteiger partial charge on any atom is -0.378 e. The van der Waals surface area contributed by atoms with Crippen LogP contribution in [-0.2, 0) is 4.74 Å². The van der Waals surface area contributed by atoms with E-state index in [1.54, 1.807) is 0 Å². The molecule has 0 radical (unpaired) electrons. The predicted molar refractivity (Wildman–Crippen MR) is 127 cm³/mol. The summed E-state index contributed by atoms with van der Waals surface area (Å²) in [6.45, 7) is 3.54. The van der Waals surface area contributed by atoms with Crippen molar-refractivity contribution >= 4 is 38.0 Å². The Morgan fingerprint density at radius 2 is 1.27 bits per heavy atom. The van der Waals surface area contributed by atoms with Gasteiger partial charge in [0.2, 0.25) is 0 Å². The average molecular weight is 389 g/mol. The molecule has 0 bridgehead atoms. The van der Waals surface area contributed by atoms with Gasteiger partial charge in [0.1, 0.15) is 0 Å². The standard InChI is InChI=1S/C28H23NO/c1-3-7-24-20(5-1)11-14-26-27(24)19-22-6-2-4-8-25(22)28(26)21-9-12-23(13-10-21)29-15-17-30-18-16-29/h1-14,19H,15-18H2. The molecule has 2 nitrogen and oxygen atoms in total. The third kappa shape index (κ3) is 2.84. The Labute approximate surface area is 176 Å². The highest BCUT2D eigenvalue weighted by atomic mass is 16.5. The van der Waals surface area contributed by atoms with Gasteiger partial charge in [-0.2, -0.15) is 0 Å². The summed E-state index contributed by atoms with van der Waals surface area (Å²) in [5.74, 6) is 0. The molecule has 0 saturated carbocycles. The first-order chi connectivity index (χ1) is 14.9. The van der Waals surface area contributed by atoms with Crippen molar-refractivity contribution in [1.29, 1.82) is 0 Å². The Morgan fingerprint density at radius 3 is 2.07 bits per heavy atom. The summed E-state index contributed by atoms with van der Waals surface area (Å²) in [5, 5.41) is 7.82. The molecule has 0 atom stereocenters. The zero-order valence-electron chi connectivity index (χ0n) is 16.8. The summed E-state index contributed by atoms with van der Waals surface area (Å²) in [5.41, 5.74) is 3.86. The first kappa shape index (κ1) is 17.5. The number of ether oxygens (including phenoxy) is 1. The van der Waals surface area contributed by atoms with Crippen molar-refractivity contribution in [3.05, 3.63) is 91.0 Å². The average Bonchev–Trinajstić information content (AvgIpc) is 2.83. The minimum atomic E-state index is 0.808. The van der Waals surface area contributed by atoms with Crippen LogP contribution in [0, 0.1) is 0 Å². The summed E-state index contributed by atoms with van der Waals surface area (Å²) < 4.78 is 5.50. The molecule has 30 heavy (non-hydrogen) atoms. The summed E-state index contributed by atoms with van der Waals surface area (Å²) in [6.07, 6.45) is 0. The van der Waals surface area contributed by atoms with Crippen molar-refractivity contribution in [3.8, 4) is 11.1 Å². The SMILES string of the molecule is c1ccc2c(-c3ccc(N4CCOCC4)cc3)c3ccc4ccccc4c3cc2c1. The molecule has 0 amide bonds. The molecule has 2 heteroatoms. The van der Waals surface area contributed by atoms with Gasteiger partial charge in [0.05, 0.1) is 13.2 Å². The van der Waals surface area contributed by atoms with Crippen molar-refractivity contribution in [1.82, 2.24) is 0 Å². The van der Waals surface area contributed by atoms with Crippen LogP contribution >= 0.6 is 0 Å². The van der Waals surface area contributed by atoms with E-state index in [1.165, 1.54) is 49.1 Å². The van der Waals surface area contributed by atoms with E-state index in [1.807, 2.05) is 0 Å². The second kappa shape index (κ2) is 7.16. The van der Waals surface area contributed by atoms with Crippen LogP contribution in [0.2, 0.25) is 0 Å². The van der Waals surface area contributed by atoms with E-state index in [0.29, 0.717) is 0 Å². The van der Waals surface area contributed by atoms with Gasteiger partial charge in [0.15, 0.2) is 0 Å². The van der Waals surface area contributed by atoms with Crippen molar-refractivity contribution in [3.63, 3.8) is 0 Å². The van der Waals surface area contributed by atoms with Gasteiger partial charge < -0.3 is 9.64 Å². The van der Waals surface area contributed by atoms with Crippen LogP contribution < -0.4 is 4.90 Å². The molecule has 0 unspecified atom stereocenters. The number of anilines is 1. The van der Waals surface area contributed by atoms with E-state index < -0.39 is 0 Å². The maximum absolute atomic E-state index is 5.50. The number of benzene rings is 5. The molecule has 0 aromatic heterocycles. The monoisotopic (exact) mass is 389 g/mol. The summed E-state index contributed by atoms with van der Waals surface area (Å²) >= 11 is 0. The van der Waals surface area contributed by atoms with Crippen LogP contribution in [0.3, 0.4) is 0 Å². The minimum absolute atomic E-state index is 0.808. The molecule has 1 heterocycles. The predicted octanol–water partition coefficient (Wildman–Crippen LogP) is 6.65. The summed E-state index contributed by atoms with van der Waals surface area (Å²) in [6, 6.07) is 33.4. The zero-order chi connectivity index (χ0) is 19.9. The molecule has 1 fully saturated rings. The third-order valence-electron chi connectivity index (χ3n) is 6.30. The van der Waals surface area contributed by atoms with Crippen LogP contribution in [0.4, 0.5) is 5.69 Å². The lowest BCUT2D eigenvalue weighted by atomic mass is 9.90. The van der Waals surface area contributed by atoms with Gasteiger partial charge in [0.25, 0.3) is 0 Å². The van der Waals surface area contributed by atoms with Crippen molar-refractivity contribution < 1.29 is 4.74 Å². The third-order valence-corrected chi connectivity index (χ3v) is 6.30. The maximum atomic E-state index is 5.50. The van der Waals surface area contributed by atoms with Crippen LogP contribution in [-0.4, -0.2) is 26.3 Å². The van der Waals surface area contributed by atoms with Gasteiger partial charge in [-0.1, -0.05) is 72.8 Å². The first-order valence-electron chi connectivity index (χ1n) is 10.6. The Hall–Kier alpha value is -3.36. The van der Waals surface area contributed by atoms with E-state index in [9.17, 15) is 0 Å². The quantitative estimate of drug-likeness (QED) is 0.247. The van der Waals surface area contributed by atoms with Crippen LogP contribution in [0.5, 0.6) is 0 Å². The molecule has 146 valence electrons. The molecule has 0 N–H and O–H groups in total. The van der Waals surface area contributed by atoms with Crippen LogP contribution in [0.1, 0.15) is 0 Å². The molecule has 5 aromatic carbocycles. The Bertz CT molecular complexity index is 1360. The summed E-state index contributed by atoms with van der Waals surface area (Å²) in [7, 11) is 0. The van der Waals surface area contributed by atoms with Gasteiger partial charge in [-0.3, -0.25) is 0 Å². The Balaban J connectivity index is 1.59. The highest BCUT2D eigenvalue weighted by Gasteiger charge is 2.14. The molecule has 1 aliphatic rings. The Kier molecular flexibility index (Phi) is 4.17. The highest BCUT2D eigenvalue weighted by molar-refractivity contribution is 6.20. The van der Waals surface area contributed by atoms with Gasteiger partial charge in [-0.05, 0) is 61.6 Å². The lowest BCUT2D eigenvalue weighted by Gasteiger charge is -2.29. The molecule has 1 aliphatic heterocycles. The van der Waals surface area contributed by atoms with Crippen LogP contribution in [0.25, 0.3) is 43.4 Å². The van der Waals surface area contributed by atoms with Gasteiger partial charge >= 0.3 is 0 Å². The number of nitrogens with zero attached hydrogens (tertiary/aromatic N) is 1. The van der Waals surface area contributed by atoms with Crippen molar-refractivity contribution in [2.75, 3.05) is 31.2 Å². The Morgan fingerprint density at radius 1 is 0.567 bits per heavy atom. The van der Waals surface area contributed by atoms with Gasteiger partial charge in [0, 0.05) is 18.8 Å². The number of morpholine rings is 1. The molecule has 0 aliphatic carbocycles. The van der Waals surface area contributed by atoms with E-state index in [4.69, 9.17) is 4.74 Å². The van der Waals surface area contributed by atoms with E-state index in [2.05, 4.69) is 95.9 Å². The lowest BCUT2D eigenvalue weighted by Crippen LogP contribution is -2.36. The van der Waals surface area contributed by atoms with Crippen molar-refractivity contribution in [2.24, 2.45) is 0 Å². The maximum Gasteiger partial charge on any atom is 0.0642 e. The number of fused-ring (bicyclic) bond motifs is 4.